The van der Waals surface area contributed by atoms with Crippen LogP contribution in [0, 0.1) is 0 Å². The van der Waals surface area contributed by atoms with E-state index in [1.807, 2.05) is 17.1 Å². The molecule has 0 unspecified atom stereocenters. The van der Waals surface area contributed by atoms with Gasteiger partial charge in [0.05, 0.1) is 19.3 Å². The monoisotopic (exact) mass is 280 g/mol. The third kappa shape index (κ3) is 4.30. The second kappa shape index (κ2) is 7.76. The zero-order valence-electron chi connectivity index (χ0n) is 12.5. The molecular weight excluding hydrogens is 252 g/mol. The average Bonchev–Trinajstić information content (AvgIpc) is 2.87. The van der Waals surface area contributed by atoms with Crippen molar-refractivity contribution in [1.82, 2.24) is 14.7 Å². The number of hydrogen-bond acceptors (Lipinski definition) is 4. The normalized spacial score (nSPS) is 23.4. The first-order valence-corrected chi connectivity index (χ1v) is 7.84. The van der Waals surface area contributed by atoms with E-state index in [9.17, 15) is 0 Å². The van der Waals surface area contributed by atoms with Gasteiger partial charge in [-0.3, -0.25) is 9.58 Å². The van der Waals surface area contributed by atoms with E-state index in [1.165, 1.54) is 24.8 Å². The van der Waals surface area contributed by atoms with Crippen molar-refractivity contribution >= 4 is 0 Å². The maximum Gasteiger partial charge on any atom is 0.0640 e. The summed E-state index contributed by atoms with van der Waals surface area (Å²) in [5, 5.41) is 13.2. The van der Waals surface area contributed by atoms with E-state index < -0.39 is 0 Å². The summed E-state index contributed by atoms with van der Waals surface area (Å²) < 4.78 is 1.82. The van der Waals surface area contributed by atoms with Gasteiger partial charge in [0.2, 0.25) is 0 Å². The van der Waals surface area contributed by atoms with E-state index >= 15 is 0 Å². The third-order valence-corrected chi connectivity index (χ3v) is 4.17. The van der Waals surface area contributed by atoms with Gasteiger partial charge in [-0.1, -0.05) is 6.92 Å². The summed E-state index contributed by atoms with van der Waals surface area (Å²) in [6.45, 7) is 5.04. The summed E-state index contributed by atoms with van der Waals surface area (Å²) in [5.41, 5.74) is 7.24. The number of aliphatic hydroxyl groups is 1. The van der Waals surface area contributed by atoms with E-state index in [2.05, 4.69) is 16.9 Å². The standard InChI is InChI=1S/C15H28N4O/c1-2-7-18(15-5-3-14(16)4-6-15)11-13-10-17-19(12-13)8-9-20/h10,12,14-15,20H,2-9,11,16H2,1H3. The Bertz CT molecular complexity index is 385. The minimum absolute atomic E-state index is 0.139. The Morgan fingerprint density at radius 2 is 2.15 bits per heavy atom. The van der Waals surface area contributed by atoms with Crippen molar-refractivity contribution in [1.29, 1.82) is 0 Å². The van der Waals surface area contributed by atoms with Gasteiger partial charge in [0.15, 0.2) is 0 Å². The molecule has 0 saturated heterocycles. The molecule has 0 radical (unpaired) electrons. The maximum absolute atomic E-state index is 8.94. The Labute approximate surface area is 121 Å². The molecule has 5 nitrogen and oxygen atoms in total. The molecule has 0 amide bonds. The highest BCUT2D eigenvalue weighted by atomic mass is 16.3. The number of nitrogens with two attached hydrogens (primary N) is 1. The first-order valence-electron chi connectivity index (χ1n) is 7.84. The lowest BCUT2D eigenvalue weighted by atomic mass is 9.90. The third-order valence-electron chi connectivity index (χ3n) is 4.17. The number of aliphatic hydroxyl groups excluding tert-OH is 1. The van der Waals surface area contributed by atoms with Gasteiger partial charge in [-0.2, -0.15) is 5.10 Å². The number of aromatic nitrogens is 2. The van der Waals surface area contributed by atoms with Crippen molar-refractivity contribution in [2.24, 2.45) is 5.73 Å². The molecular formula is C15H28N4O. The molecule has 1 saturated carbocycles. The fourth-order valence-electron chi connectivity index (χ4n) is 3.09. The summed E-state index contributed by atoms with van der Waals surface area (Å²) in [7, 11) is 0. The smallest absolute Gasteiger partial charge is 0.0640 e. The average molecular weight is 280 g/mol. The molecule has 2 rings (SSSR count). The molecule has 20 heavy (non-hydrogen) atoms. The molecule has 1 aliphatic carbocycles. The lowest BCUT2D eigenvalue weighted by Gasteiger charge is -2.35. The second-order valence-corrected chi connectivity index (χ2v) is 5.87. The summed E-state index contributed by atoms with van der Waals surface area (Å²) in [6.07, 6.45) is 9.87. The van der Waals surface area contributed by atoms with Crippen molar-refractivity contribution in [3.8, 4) is 0 Å². The zero-order chi connectivity index (χ0) is 14.4. The van der Waals surface area contributed by atoms with Gasteiger partial charge in [0.1, 0.15) is 0 Å². The predicted octanol–water partition coefficient (Wildman–Crippen LogP) is 1.36. The molecule has 1 heterocycles. The molecule has 114 valence electrons. The minimum atomic E-state index is 0.139. The molecule has 1 aromatic rings. The fraction of sp³-hybridized carbons (Fsp3) is 0.800. The van der Waals surface area contributed by atoms with Crippen LogP contribution in [0.3, 0.4) is 0 Å². The van der Waals surface area contributed by atoms with Crippen LogP contribution in [-0.4, -0.2) is 45.0 Å². The SMILES string of the molecule is CCCN(Cc1cnn(CCO)c1)C1CCC(N)CC1. The molecule has 0 bridgehead atoms. The minimum Gasteiger partial charge on any atom is -0.394 e. The van der Waals surface area contributed by atoms with Gasteiger partial charge in [-0.15, -0.1) is 0 Å². The molecule has 1 fully saturated rings. The second-order valence-electron chi connectivity index (χ2n) is 5.87. The Kier molecular flexibility index (Phi) is 6.01. The first kappa shape index (κ1) is 15.5. The summed E-state index contributed by atoms with van der Waals surface area (Å²) in [6, 6.07) is 1.07. The molecule has 0 spiro atoms. The van der Waals surface area contributed by atoms with E-state index in [0.29, 0.717) is 18.6 Å². The van der Waals surface area contributed by atoms with Crippen LogP contribution in [0.4, 0.5) is 0 Å². The Morgan fingerprint density at radius 3 is 2.80 bits per heavy atom. The topological polar surface area (TPSA) is 67.3 Å². The first-order chi connectivity index (χ1) is 9.72. The van der Waals surface area contributed by atoms with Crippen molar-refractivity contribution < 1.29 is 5.11 Å². The molecule has 1 aromatic heterocycles. The molecule has 0 aromatic carbocycles. The van der Waals surface area contributed by atoms with Crippen LogP contribution in [0.15, 0.2) is 12.4 Å². The van der Waals surface area contributed by atoms with Gasteiger partial charge in [0.25, 0.3) is 0 Å². The van der Waals surface area contributed by atoms with Gasteiger partial charge < -0.3 is 10.8 Å². The maximum atomic E-state index is 8.94. The van der Waals surface area contributed by atoms with Crippen LogP contribution in [0.2, 0.25) is 0 Å². The van der Waals surface area contributed by atoms with E-state index in [-0.39, 0.29) is 6.61 Å². The van der Waals surface area contributed by atoms with Crippen LogP contribution in [0.1, 0.15) is 44.6 Å². The summed E-state index contributed by atoms with van der Waals surface area (Å²) in [4.78, 5) is 2.58. The quantitative estimate of drug-likeness (QED) is 0.791. The lowest BCUT2D eigenvalue weighted by molar-refractivity contribution is 0.142. The predicted molar refractivity (Wildman–Crippen MR) is 80.2 cm³/mol. The van der Waals surface area contributed by atoms with Crippen molar-refractivity contribution in [3.63, 3.8) is 0 Å². The molecule has 5 heteroatoms. The highest BCUT2D eigenvalue weighted by molar-refractivity contribution is 5.04. The van der Waals surface area contributed by atoms with Crippen molar-refractivity contribution in [3.05, 3.63) is 18.0 Å². The van der Waals surface area contributed by atoms with Crippen LogP contribution in [-0.2, 0) is 13.1 Å². The van der Waals surface area contributed by atoms with Crippen LogP contribution < -0.4 is 5.73 Å². The summed E-state index contributed by atoms with van der Waals surface area (Å²) >= 11 is 0. The Morgan fingerprint density at radius 1 is 1.40 bits per heavy atom. The summed E-state index contributed by atoms with van der Waals surface area (Å²) in [5.74, 6) is 0. The fourth-order valence-corrected chi connectivity index (χ4v) is 3.09. The number of nitrogens with zero attached hydrogens (tertiary/aromatic N) is 3. The molecule has 1 aliphatic rings. The van der Waals surface area contributed by atoms with Gasteiger partial charge in [0, 0.05) is 30.4 Å². The highest BCUT2D eigenvalue weighted by Gasteiger charge is 2.24. The molecule has 0 aliphatic heterocycles. The van der Waals surface area contributed by atoms with E-state index in [0.717, 1.165) is 25.9 Å². The van der Waals surface area contributed by atoms with Gasteiger partial charge in [-0.25, -0.2) is 0 Å². The van der Waals surface area contributed by atoms with Crippen molar-refractivity contribution in [2.75, 3.05) is 13.2 Å². The molecule has 0 atom stereocenters. The largest absolute Gasteiger partial charge is 0.394 e. The van der Waals surface area contributed by atoms with Crippen LogP contribution >= 0.6 is 0 Å². The van der Waals surface area contributed by atoms with Gasteiger partial charge >= 0.3 is 0 Å². The van der Waals surface area contributed by atoms with Crippen LogP contribution in [0.25, 0.3) is 0 Å². The van der Waals surface area contributed by atoms with E-state index in [4.69, 9.17) is 10.8 Å². The highest BCUT2D eigenvalue weighted by Crippen LogP contribution is 2.23. The van der Waals surface area contributed by atoms with Crippen molar-refractivity contribution in [2.45, 2.75) is 64.2 Å². The number of rotatable bonds is 7. The van der Waals surface area contributed by atoms with E-state index in [1.54, 1.807) is 0 Å². The lowest BCUT2D eigenvalue weighted by Crippen LogP contribution is -2.40. The Balaban J connectivity index is 1.93. The van der Waals surface area contributed by atoms with Crippen LogP contribution in [0.5, 0.6) is 0 Å². The Hall–Kier alpha value is -0.910. The molecule has 3 N–H and O–H groups in total. The van der Waals surface area contributed by atoms with Gasteiger partial charge in [-0.05, 0) is 38.6 Å². The zero-order valence-corrected chi connectivity index (χ0v) is 12.5. The number of hydrogen-bond donors (Lipinski definition) is 2.